The molecule has 1 saturated heterocycles. The van der Waals surface area contributed by atoms with E-state index in [1.807, 2.05) is 30.3 Å². The first-order chi connectivity index (χ1) is 8.22. The van der Waals surface area contributed by atoms with Gasteiger partial charge in [-0.25, -0.2) is 10.9 Å². The zero-order valence-corrected chi connectivity index (χ0v) is 9.81. The van der Waals surface area contributed by atoms with Gasteiger partial charge in [-0.1, -0.05) is 30.3 Å². The van der Waals surface area contributed by atoms with Crippen molar-refractivity contribution in [3.05, 3.63) is 35.9 Å². The van der Waals surface area contributed by atoms with E-state index in [-0.39, 0.29) is 24.0 Å². The Bertz CT molecular complexity index is 381. The van der Waals surface area contributed by atoms with Crippen LogP contribution in [0.5, 0.6) is 0 Å². The molecule has 17 heavy (non-hydrogen) atoms. The molecule has 1 aromatic rings. The van der Waals surface area contributed by atoms with E-state index in [4.69, 9.17) is 5.73 Å². The molecule has 0 spiro atoms. The number of nitrogens with two attached hydrogens (primary N) is 1. The van der Waals surface area contributed by atoms with E-state index < -0.39 is 0 Å². The molecule has 3 unspecified atom stereocenters. The molecule has 5 nitrogen and oxygen atoms in total. The number of amides is 1. The normalized spacial score (nSPS) is 28.0. The molecule has 0 radical (unpaired) electrons. The third kappa shape index (κ3) is 2.63. The summed E-state index contributed by atoms with van der Waals surface area (Å²) in [6.07, 6.45) is 0.203. The Kier molecular flexibility index (Phi) is 3.73. The Hall–Kier alpha value is -1.43. The van der Waals surface area contributed by atoms with E-state index >= 15 is 0 Å². The van der Waals surface area contributed by atoms with Crippen molar-refractivity contribution < 1.29 is 4.79 Å². The number of carbonyl (C=O) groups excluding carboxylic acids is 1. The minimum atomic E-state index is -0.211. The van der Waals surface area contributed by atoms with Gasteiger partial charge in [0.25, 0.3) is 0 Å². The van der Waals surface area contributed by atoms with Crippen molar-refractivity contribution in [3.8, 4) is 0 Å². The van der Waals surface area contributed by atoms with Crippen LogP contribution < -0.4 is 21.9 Å². The van der Waals surface area contributed by atoms with Crippen LogP contribution in [-0.2, 0) is 4.79 Å². The molecule has 1 fully saturated rings. The van der Waals surface area contributed by atoms with Gasteiger partial charge >= 0.3 is 0 Å². The van der Waals surface area contributed by atoms with Crippen LogP contribution in [0.15, 0.2) is 30.3 Å². The Morgan fingerprint density at radius 2 is 2.06 bits per heavy atom. The second-order valence-corrected chi connectivity index (χ2v) is 4.24. The fourth-order valence-corrected chi connectivity index (χ4v) is 2.16. The minimum Gasteiger partial charge on any atom is -0.359 e. The summed E-state index contributed by atoms with van der Waals surface area (Å²) in [6, 6.07) is 10.1. The van der Waals surface area contributed by atoms with Crippen LogP contribution >= 0.6 is 0 Å². The van der Waals surface area contributed by atoms with Gasteiger partial charge < -0.3 is 11.1 Å². The first kappa shape index (κ1) is 12.0. The van der Waals surface area contributed by atoms with Crippen LogP contribution in [0.2, 0.25) is 0 Å². The minimum absolute atomic E-state index is 0.0110. The van der Waals surface area contributed by atoms with Crippen molar-refractivity contribution in [2.24, 2.45) is 11.7 Å². The zero-order chi connectivity index (χ0) is 12.3. The highest BCUT2D eigenvalue weighted by atomic mass is 16.1. The number of carbonyl (C=O) groups is 1. The van der Waals surface area contributed by atoms with E-state index in [0.29, 0.717) is 6.42 Å². The Labute approximate surface area is 101 Å². The molecule has 0 aliphatic carbocycles. The first-order valence-electron chi connectivity index (χ1n) is 5.74. The molecule has 5 heteroatoms. The van der Waals surface area contributed by atoms with Gasteiger partial charge in [0.2, 0.25) is 5.91 Å². The predicted octanol–water partition coefficient (Wildman–Crippen LogP) is -0.127. The van der Waals surface area contributed by atoms with Crippen LogP contribution in [0.4, 0.5) is 0 Å². The van der Waals surface area contributed by atoms with E-state index in [1.54, 1.807) is 7.05 Å². The lowest BCUT2D eigenvalue weighted by Crippen LogP contribution is -2.40. The predicted molar refractivity (Wildman–Crippen MR) is 65.6 cm³/mol. The SMILES string of the molecule is CNC(=O)CC1C(N)NNC1c1ccccc1. The summed E-state index contributed by atoms with van der Waals surface area (Å²) >= 11 is 0. The summed E-state index contributed by atoms with van der Waals surface area (Å²) < 4.78 is 0. The zero-order valence-electron chi connectivity index (χ0n) is 9.81. The molecule has 0 saturated carbocycles. The molecule has 1 heterocycles. The number of hydrogen-bond donors (Lipinski definition) is 4. The van der Waals surface area contributed by atoms with Gasteiger partial charge in [-0.3, -0.25) is 4.79 Å². The van der Waals surface area contributed by atoms with E-state index in [0.717, 1.165) is 5.56 Å². The van der Waals surface area contributed by atoms with Gasteiger partial charge in [0.1, 0.15) is 0 Å². The summed E-state index contributed by atoms with van der Waals surface area (Å²) in [5, 5.41) is 2.63. The molecule has 3 atom stereocenters. The maximum Gasteiger partial charge on any atom is 0.220 e. The first-order valence-corrected chi connectivity index (χ1v) is 5.74. The topological polar surface area (TPSA) is 79.2 Å². The second kappa shape index (κ2) is 5.27. The molecule has 5 N–H and O–H groups in total. The van der Waals surface area contributed by atoms with Gasteiger partial charge in [-0.05, 0) is 5.56 Å². The highest BCUT2D eigenvalue weighted by Gasteiger charge is 2.35. The Morgan fingerprint density at radius 1 is 1.35 bits per heavy atom. The number of hydrogen-bond acceptors (Lipinski definition) is 4. The highest BCUT2D eigenvalue weighted by Crippen LogP contribution is 2.29. The van der Waals surface area contributed by atoms with E-state index in [2.05, 4.69) is 16.2 Å². The average Bonchev–Trinajstić information content (AvgIpc) is 2.72. The fourth-order valence-electron chi connectivity index (χ4n) is 2.16. The van der Waals surface area contributed by atoms with Crippen LogP contribution in [0, 0.1) is 5.92 Å². The molecule has 1 amide bonds. The smallest absolute Gasteiger partial charge is 0.220 e. The van der Waals surface area contributed by atoms with Crippen LogP contribution in [0.25, 0.3) is 0 Å². The maximum absolute atomic E-state index is 11.5. The largest absolute Gasteiger partial charge is 0.359 e. The molecular weight excluding hydrogens is 216 g/mol. The van der Waals surface area contributed by atoms with Crippen LogP contribution in [-0.4, -0.2) is 19.1 Å². The molecular formula is C12H18N4O. The monoisotopic (exact) mass is 234 g/mol. The molecule has 2 rings (SSSR count). The van der Waals surface area contributed by atoms with E-state index in [9.17, 15) is 4.79 Å². The quantitative estimate of drug-likeness (QED) is 0.587. The summed E-state index contributed by atoms with van der Waals surface area (Å²) in [5.41, 5.74) is 13.2. The van der Waals surface area contributed by atoms with Crippen molar-refractivity contribution in [2.75, 3.05) is 7.05 Å². The summed E-state index contributed by atoms with van der Waals surface area (Å²) in [5.74, 6) is 0.0641. The maximum atomic E-state index is 11.5. The Balaban J connectivity index is 2.14. The number of hydrazine groups is 1. The fraction of sp³-hybridized carbons (Fsp3) is 0.417. The molecule has 1 aliphatic heterocycles. The van der Waals surface area contributed by atoms with E-state index in [1.165, 1.54) is 0 Å². The van der Waals surface area contributed by atoms with Crippen molar-refractivity contribution in [1.29, 1.82) is 0 Å². The number of nitrogens with one attached hydrogen (secondary N) is 3. The Morgan fingerprint density at radius 3 is 2.71 bits per heavy atom. The molecule has 0 aromatic heterocycles. The summed E-state index contributed by atoms with van der Waals surface area (Å²) in [6.45, 7) is 0. The van der Waals surface area contributed by atoms with Gasteiger partial charge in [0.15, 0.2) is 0 Å². The van der Waals surface area contributed by atoms with Crippen molar-refractivity contribution >= 4 is 5.91 Å². The van der Waals surface area contributed by atoms with Crippen molar-refractivity contribution in [1.82, 2.24) is 16.2 Å². The van der Waals surface area contributed by atoms with Gasteiger partial charge in [0, 0.05) is 19.4 Å². The lowest BCUT2D eigenvalue weighted by atomic mass is 9.90. The molecule has 92 valence electrons. The van der Waals surface area contributed by atoms with Crippen molar-refractivity contribution in [3.63, 3.8) is 0 Å². The van der Waals surface area contributed by atoms with Gasteiger partial charge in [-0.2, -0.15) is 0 Å². The van der Waals surface area contributed by atoms with Gasteiger partial charge in [-0.15, -0.1) is 0 Å². The molecule has 1 aromatic carbocycles. The highest BCUT2D eigenvalue weighted by molar-refractivity contribution is 5.76. The third-order valence-electron chi connectivity index (χ3n) is 3.15. The number of rotatable bonds is 3. The molecule has 1 aliphatic rings. The van der Waals surface area contributed by atoms with Crippen LogP contribution in [0.1, 0.15) is 18.0 Å². The summed E-state index contributed by atoms with van der Waals surface area (Å²) in [7, 11) is 1.64. The second-order valence-electron chi connectivity index (χ2n) is 4.24. The average molecular weight is 234 g/mol. The third-order valence-corrected chi connectivity index (χ3v) is 3.15. The standard InChI is InChI=1S/C12H18N4O/c1-14-10(17)7-9-11(15-16-12(9)13)8-5-3-2-4-6-8/h2-6,9,11-12,15-16H,7,13H2,1H3,(H,14,17). The summed E-state index contributed by atoms with van der Waals surface area (Å²) in [4.78, 5) is 11.5. The van der Waals surface area contributed by atoms with Crippen LogP contribution in [0.3, 0.4) is 0 Å². The van der Waals surface area contributed by atoms with Crippen molar-refractivity contribution in [2.45, 2.75) is 18.6 Å². The lowest BCUT2D eigenvalue weighted by Gasteiger charge is -2.20. The number of benzene rings is 1. The van der Waals surface area contributed by atoms with Gasteiger partial charge in [0.05, 0.1) is 12.2 Å². The molecule has 0 bridgehead atoms. The lowest BCUT2D eigenvalue weighted by molar-refractivity contribution is -0.121.